The molecule has 0 fully saturated rings. The molecule has 1 unspecified atom stereocenters. The van der Waals surface area contributed by atoms with Crippen LogP contribution in [0.2, 0.25) is 0 Å². The Bertz CT molecular complexity index is 1020. The molecule has 1 N–H and O–H groups in total. The Balaban J connectivity index is 1.58. The van der Waals surface area contributed by atoms with Crippen LogP contribution in [-0.4, -0.2) is 33.5 Å². The van der Waals surface area contributed by atoms with Gasteiger partial charge in [-0.3, -0.25) is 4.79 Å². The van der Waals surface area contributed by atoms with Crippen molar-refractivity contribution in [3.63, 3.8) is 0 Å². The lowest BCUT2D eigenvalue weighted by atomic mass is 10.3. The van der Waals surface area contributed by atoms with E-state index < -0.39 is 0 Å². The van der Waals surface area contributed by atoms with Crippen molar-refractivity contribution in [3.05, 3.63) is 47.1 Å². The number of thiophene rings is 1. The van der Waals surface area contributed by atoms with E-state index in [0.717, 1.165) is 5.75 Å². The molecule has 10 heteroatoms. The second-order valence-corrected chi connectivity index (χ2v) is 7.81. The molecule has 2 aromatic heterocycles. The SMILES string of the molecule is COc1ccc(OC(C)c2nnc(SCC(=O)Nc3sccc3C#N)n2C)cc1. The van der Waals surface area contributed by atoms with Gasteiger partial charge in [-0.2, -0.15) is 5.26 Å². The number of anilines is 1. The number of nitrogens with zero attached hydrogens (tertiary/aromatic N) is 4. The van der Waals surface area contributed by atoms with Crippen molar-refractivity contribution >= 4 is 34.0 Å². The van der Waals surface area contributed by atoms with Gasteiger partial charge in [0.2, 0.25) is 5.91 Å². The molecule has 1 atom stereocenters. The molecule has 3 aromatic rings. The monoisotopic (exact) mass is 429 g/mol. The normalized spacial score (nSPS) is 11.5. The summed E-state index contributed by atoms with van der Waals surface area (Å²) in [6.07, 6.45) is -0.326. The summed E-state index contributed by atoms with van der Waals surface area (Å²) in [7, 11) is 3.44. The van der Waals surface area contributed by atoms with Gasteiger partial charge in [0.05, 0.1) is 18.4 Å². The quantitative estimate of drug-likeness (QED) is 0.546. The number of benzene rings is 1. The van der Waals surface area contributed by atoms with E-state index in [1.54, 1.807) is 23.1 Å². The van der Waals surface area contributed by atoms with Crippen LogP contribution in [0.25, 0.3) is 0 Å². The second-order valence-electron chi connectivity index (χ2n) is 5.95. The van der Waals surface area contributed by atoms with E-state index in [4.69, 9.17) is 14.7 Å². The van der Waals surface area contributed by atoms with Crippen LogP contribution in [0, 0.1) is 11.3 Å². The van der Waals surface area contributed by atoms with E-state index in [1.165, 1.54) is 23.1 Å². The fourth-order valence-electron chi connectivity index (χ4n) is 2.50. The van der Waals surface area contributed by atoms with Gasteiger partial charge in [-0.15, -0.1) is 21.5 Å². The first kappa shape index (κ1) is 20.7. The number of nitriles is 1. The first-order valence-electron chi connectivity index (χ1n) is 8.62. The van der Waals surface area contributed by atoms with Crippen molar-refractivity contribution in [3.8, 4) is 17.6 Å². The van der Waals surface area contributed by atoms with Crippen LogP contribution < -0.4 is 14.8 Å². The lowest BCUT2D eigenvalue weighted by molar-refractivity contribution is -0.113. The maximum atomic E-state index is 12.2. The Labute approximate surface area is 176 Å². The average Bonchev–Trinajstić information content (AvgIpc) is 3.32. The van der Waals surface area contributed by atoms with Gasteiger partial charge in [-0.05, 0) is 42.6 Å². The molecule has 1 aromatic carbocycles. The molecule has 29 heavy (non-hydrogen) atoms. The zero-order valence-electron chi connectivity index (χ0n) is 16.1. The van der Waals surface area contributed by atoms with Crippen molar-refractivity contribution in [1.29, 1.82) is 5.26 Å². The molecule has 0 aliphatic heterocycles. The number of ether oxygens (including phenoxy) is 2. The Kier molecular flexibility index (Phi) is 6.74. The molecule has 0 saturated heterocycles. The van der Waals surface area contributed by atoms with Gasteiger partial charge in [0.15, 0.2) is 17.1 Å². The lowest BCUT2D eigenvalue weighted by Crippen LogP contribution is -2.14. The molecular formula is C19H19N5O3S2. The molecule has 150 valence electrons. The van der Waals surface area contributed by atoms with Crippen molar-refractivity contribution in [1.82, 2.24) is 14.8 Å². The average molecular weight is 430 g/mol. The highest BCUT2D eigenvalue weighted by Gasteiger charge is 2.18. The smallest absolute Gasteiger partial charge is 0.235 e. The zero-order chi connectivity index (χ0) is 20.8. The standard InChI is InChI=1S/C19H19N5O3S2/c1-12(27-15-6-4-14(26-3)5-7-15)17-22-23-19(24(17)2)29-11-16(25)21-18-13(10-20)8-9-28-18/h4-9,12H,11H2,1-3H3,(H,21,25). The number of nitrogens with one attached hydrogen (secondary N) is 1. The Morgan fingerprint density at radius 1 is 1.31 bits per heavy atom. The number of aromatic nitrogens is 3. The number of thioether (sulfide) groups is 1. The first-order chi connectivity index (χ1) is 14.0. The van der Waals surface area contributed by atoms with Gasteiger partial charge in [-0.1, -0.05) is 11.8 Å². The van der Waals surface area contributed by atoms with Crippen LogP contribution in [-0.2, 0) is 11.8 Å². The van der Waals surface area contributed by atoms with Gasteiger partial charge >= 0.3 is 0 Å². The third-order valence-corrected chi connectivity index (χ3v) is 5.83. The Morgan fingerprint density at radius 3 is 2.72 bits per heavy atom. The molecule has 8 nitrogen and oxygen atoms in total. The summed E-state index contributed by atoms with van der Waals surface area (Å²) in [6.45, 7) is 1.88. The topological polar surface area (TPSA) is 102 Å². The minimum atomic E-state index is -0.326. The number of amides is 1. The number of methoxy groups -OCH3 is 1. The van der Waals surface area contributed by atoms with Crippen LogP contribution >= 0.6 is 23.1 Å². The predicted molar refractivity (Wildman–Crippen MR) is 111 cm³/mol. The molecule has 2 heterocycles. The van der Waals surface area contributed by atoms with Crippen LogP contribution in [0.3, 0.4) is 0 Å². The Hall–Kier alpha value is -3.03. The van der Waals surface area contributed by atoms with Crippen LogP contribution in [0.1, 0.15) is 24.4 Å². The number of carbonyl (C=O) groups is 1. The third-order valence-electron chi connectivity index (χ3n) is 3.98. The number of hydrogen-bond donors (Lipinski definition) is 1. The van der Waals surface area contributed by atoms with Gasteiger partial charge in [0.1, 0.15) is 22.6 Å². The minimum Gasteiger partial charge on any atom is -0.497 e. The second kappa shape index (κ2) is 9.45. The lowest BCUT2D eigenvalue weighted by Gasteiger charge is -2.14. The van der Waals surface area contributed by atoms with Gasteiger partial charge in [0, 0.05) is 7.05 Å². The third kappa shape index (κ3) is 5.07. The molecular weight excluding hydrogens is 410 g/mol. The maximum absolute atomic E-state index is 12.2. The molecule has 0 saturated carbocycles. The van der Waals surface area contributed by atoms with E-state index >= 15 is 0 Å². The van der Waals surface area contributed by atoms with Gasteiger partial charge < -0.3 is 19.4 Å². The summed E-state index contributed by atoms with van der Waals surface area (Å²) >= 11 is 2.58. The van der Waals surface area contributed by atoms with Crippen molar-refractivity contribution < 1.29 is 14.3 Å². The van der Waals surface area contributed by atoms with Gasteiger partial charge in [0.25, 0.3) is 0 Å². The van der Waals surface area contributed by atoms with Crippen LogP contribution in [0.4, 0.5) is 5.00 Å². The van der Waals surface area contributed by atoms with E-state index in [0.29, 0.717) is 27.3 Å². The summed E-state index contributed by atoms with van der Waals surface area (Å²) in [5.41, 5.74) is 0.457. The molecule has 3 rings (SSSR count). The van der Waals surface area contributed by atoms with E-state index in [-0.39, 0.29) is 17.8 Å². The summed E-state index contributed by atoms with van der Waals surface area (Å²) in [6, 6.07) is 11.0. The summed E-state index contributed by atoms with van der Waals surface area (Å²) < 4.78 is 12.9. The summed E-state index contributed by atoms with van der Waals surface area (Å²) in [5.74, 6) is 2.04. The van der Waals surface area contributed by atoms with Crippen LogP contribution in [0.5, 0.6) is 11.5 Å². The minimum absolute atomic E-state index is 0.155. The number of hydrogen-bond acceptors (Lipinski definition) is 8. The zero-order valence-corrected chi connectivity index (χ0v) is 17.7. The molecule has 0 spiro atoms. The van der Waals surface area contributed by atoms with Crippen molar-refractivity contribution in [2.24, 2.45) is 7.05 Å². The first-order valence-corrected chi connectivity index (χ1v) is 10.5. The summed E-state index contributed by atoms with van der Waals surface area (Å²) in [5, 5.41) is 23.0. The Morgan fingerprint density at radius 2 is 2.03 bits per heavy atom. The van der Waals surface area contributed by atoms with Crippen molar-refractivity contribution in [2.45, 2.75) is 18.2 Å². The van der Waals surface area contributed by atoms with E-state index in [2.05, 4.69) is 15.5 Å². The number of rotatable bonds is 8. The van der Waals surface area contributed by atoms with Gasteiger partial charge in [-0.25, -0.2) is 0 Å². The predicted octanol–water partition coefficient (Wildman–Crippen LogP) is 3.63. The fourth-order valence-corrected chi connectivity index (χ4v) is 3.98. The fraction of sp³-hybridized carbons (Fsp3) is 0.263. The highest BCUT2D eigenvalue weighted by atomic mass is 32.2. The highest BCUT2D eigenvalue weighted by Crippen LogP contribution is 2.26. The molecule has 0 aliphatic rings. The van der Waals surface area contributed by atoms with E-state index in [1.807, 2.05) is 44.3 Å². The molecule has 0 bridgehead atoms. The number of carbonyl (C=O) groups excluding carboxylic acids is 1. The largest absolute Gasteiger partial charge is 0.497 e. The van der Waals surface area contributed by atoms with Crippen LogP contribution in [0.15, 0.2) is 40.9 Å². The summed E-state index contributed by atoms with van der Waals surface area (Å²) in [4.78, 5) is 12.2. The highest BCUT2D eigenvalue weighted by molar-refractivity contribution is 7.99. The molecule has 0 aliphatic carbocycles. The maximum Gasteiger partial charge on any atom is 0.235 e. The molecule has 0 radical (unpaired) electrons. The van der Waals surface area contributed by atoms with E-state index in [9.17, 15) is 4.79 Å². The van der Waals surface area contributed by atoms with Crippen molar-refractivity contribution in [2.75, 3.05) is 18.2 Å². The molecule has 1 amide bonds.